The smallest absolute Gasteiger partial charge is 0.255 e. The quantitative estimate of drug-likeness (QED) is 0.839. The molecule has 2 amide bonds. The summed E-state index contributed by atoms with van der Waals surface area (Å²) >= 11 is 0. The molecule has 2 aromatic carbocycles. The van der Waals surface area contributed by atoms with E-state index in [9.17, 15) is 9.59 Å². The van der Waals surface area contributed by atoms with E-state index in [0.29, 0.717) is 30.2 Å². The molecule has 6 heteroatoms. The van der Waals surface area contributed by atoms with Crippen molar-refractivity contribution < 1.29 is 19.1 Å². The van der Waals surface area contributed by atoms with E-state index in [-0.39, 0.29) is 11.8 Å². The van der Waals surface area contributed by atoms with Crippen LogP contribution in [0.3, 0.4) is 0 Å². The fourth-order valence-electron chi connectivity index (χ4n) is 2.46. The van der Waals surface area contributed by atoms with Gasteiger partial charge in [0.15, 0.2) is 0 Å². The maximum Gasteiger partial charge on any atom is 0.255 e. The first-order valence-electron chi connectivity index (χ1n) is 7.90. The number of nitrogens with zero attached hydrogens (tertiary/aromatic N) is 1. The van der Waals surface area contributed by atoms with Crippen molar-refractivity contribution in [1.82, 2.24) is 5.32 Å². The average molecular weight is 342 g/mol. The van der Waals surface area contributed by atoms with E-state index in [0.717, 1.165) is 5.69 Å². The molecule has 0 radical (unpaired) electrons. The highest BCUT2D eigenvalue weighted by atomic mass is 16.5. The Morgan fingerprint density at radius 2 is 1.80 bits per heavy atom. The minimum atomic E-state index is -0.244. The molecule has 0 fully saturated rings. The molecule has 6 nitrogen and oxygen atoms in total. The first-order valence-corrected chi connectivity index (χ1v) is 7.90. The van der Waals surface area contributed by atoms with E-state index in [4.69, 9.17) is 9.47 Å². The molecule has 0 atom stereocenters. The summed E-state index contributed by atoms with van der Waals surface area (Å²) in [7, 11) is 3.09. The highest BCUT2D eigenvalue weighted by molar-refractivity contribution is 5.97. The van der Waals surface area contributed by atoms with Gasteiger partial charge in [0.1, 0.15) is 11.5 Å². The van der Waals surface area contributed by atoms with Crippen LogP contribution in [0.5, 0.6) is 11.5 Å². The topological polar surface area (TPSA) is 67.9 Å². The van der Waals surface area contributed by atoms with Crippen LogP contribution in [0.25, 0.3) is 0 Å². The number of benzene rings is 2. The van der Waals surface area contributed by atoms with Gasteiger partial charge >= 0.3 is 0 Å². The maximum atomic E-state index is 12.3. The Kier molecular flexibility index (Phi) is 6.39. The molecule has 0 aliphatic rings. The molecule has 0 saturated carbocycles. The number of methoxy groups -OCH3 is 2. The summed E-state index contributed by atoms with van der Waals surface area (Å²) in [6.45, 7) is 2.15. The van der Waals surface area contributed by atoms with E-state index >= 15 is 0 Å². The fraction of sp³-hybridized carbons (Fsp3) is 0.263. The minimum Gasteiger partial charge on any atom is -0.497 e. The molecule has 0 bridgehead atoms. The lowest BCUT2D eigenvalue weighted by atomic mass is 10.2. The fourth-order valence-corrected chi connectivity index (χ4v) is 2.46. The molecule has 0 spiro atoms. The van der Waals surface area contributed by atoms with Crippen molar-refractivity contribution in [2.24, 2.45) is 0 Å². The van der Waals surface area contributed by atoms with Crippen molar-refractivity contribution in [1.29, 1.82) is 0 Å². The molecule has 25 heavy (non-hydrogen) atoms. The number of nitrogens with one attached hydrogen (secondary N) is 1. The standard InChI is InChI=1S/C19H22N2O4/c1-14(22)21(15-7-6-8-16(13-15)24-2)12-11-20-19(23)17-9-4-5-10-18(17)25-3/h4-10,13H,11-12H2,1-3H3,(H,20,23). The predicted octanol–water partition coefficient (Wildman–Crippen LogP) is 2.49. The summed E-state index contributed by atoms with van der Waals surface area (Å²) in [6, 6.07) is 14.2. The molecule has 0 aliphatic heterocycles. The molecule has 0 heterocycles. The largest absolute Gasteiger partial charge is 0.497 e. The number of carbonyl (C=O) groups is 2. The number of anilines is 1. The van der Waals surface area contributed by atoms with Crippen molar-refractivity contribution in [3.05, 3.63) is 54.1 Å². The first-order chi connectivity index (χ1) is 12.1. The zero-order valence-corrected chi connectivity index (χ0v) is 14.6. The number of rotatable bonds is 7. The Morgan fingerprint density at radius 3 is 2.48 bits per heavy atom. The van der Waals surface area contributed by atoms with Crippen LogP contribution in [0.15, 0.2) is 48.5 Å². The molecule has 132 valence electrons. The molecule has 2 rings (SSSR count). The van der Waals surface area contributed by atoms with E-state index < -0.39 is 0 Å². The third-order valence-electron chi connectivity index (χ3n) is 3.72. The number of carbonyl (C=O) groups excluding carboxylic acids is 2. The van der Waals surface area contributed by atoms with Gasteiger partial charge in [-0.1, -0.05) is 18.2 Å². The molecular weight excluding hydrogens is 320 g/mol. The lowest BCUT2D eigenvalue weighted by Gasteiger charge is -2.22. The molecule has 0 unspecified atom stereocenters. The van der Waals surface area contributed by atoms with Gasteiger partial charge in [-0.05, 0) is 24.3 Å². The van der Waals surface area contributed by atoms with Crippen LogP contribution in [0.4, 0.5) is 5.69 Å². The normalized spacial score (nSPS) is 10.0. The Hall–Kier alpha value is -3.02. The molecular formula is C19H22N2O4. The predicted molar refractivity (Wildman–Crippen MR) is 96.3 cm³/mol. The van der Waals surface area contributed by atoms with E-state index in [1.54, 1.807) is 42.3 Å². The van der Waals surface area contributed by atoms with Crippen LogP contribution in [0.2, 0.25) is 0 Å². The second kappa shape index (κ2) is 8.73. The van der Waals surface area contributed by atoms with Crippen molar-refractivity contribution in [3.8, 4) is 11.5 Å². The van der Waals surface area contributed by atoms with Crippen LogP contribution < -0.4 is 19.7 Å². The minimum absolute atomic E-state index is 0.111. The third-order valence-corrected chi connectivity index (χ3v) is 3.72. The lowest BCUT2D eigenvalue weighted by molar-refractivity contribution is -0.116. The number of amides is 2. The second-order valence-corrected chi connectivity index (χ2v) is 5.33. The Bertz CT molecular complexity index is 746. The summed E-state index contributed by atoms with van der Waals surface area (Å²) in [6.07, 6.45) is 0. The maximum absolute atomic E-state index is 12.3. The first kappa shape index (κ1) is 18.3. The van der Waals surface area contributed by atoms with Crippen LogP contribution in [-0.4, -0.2) is 39.1 Å². The van der Waals surface area contributed by atoms with Crippen LogP contribution in [0.1, 0.15) is 17.3 Å². The van der Waals surface area contributed by atoms with Crippen LogP contribution in [0, 0.1) is 0 Å². The summed E-state index contributed by atoms with van der Waals surface area (Å²) in [5, 5.41) is 2.81. The van der Waals surface area contributed by atoms with Crippen LogP contribution >= 0.6 is 0 Å². The van der Waals surface area contributed by atoms with Gasteiger partial charge < -0.3 is 19.7 Å². The number of hydrogen-bond acceptors (Lipinski definition) is 4. The summed E-state index contributed by atoms with van der Waals surface area (Å²) in [5.41, 5.74) is 1.18. The third kappa shape index (κ3) is 4.73. The molecule has 0 saturated heterocycles. The van der Waals surface area contributed by atoms with Gasteiger partial charge in [0.2, 0.25) is 5.91 Å². The highest BCUT2D eigenvalue weighted by Gasteiger charge is 2.14. The zero-order chi connectivity index (χ0) is 18.2. The van der Waals surface area contributed by atoms with E-state index in [1.165, 1.54) is 14.0 Å². The van der Waals surface area contributed by atoms with Crippen molar-refractivity contribution in [2.75, 3.05) is 32.2 Å². The van der Waals surface area contributed by atoms with Crippen molar-refractivity contribution in [3.63, 3.8) is 0 Å². The molecule has 1 N–H and O–H groups in total. The zero-order valence-electron chi connectivity index (χ0n) is 14.6. The van der Waals surface area contributed by atoms with E-state index in [2.05, 4.69) is 5.32 Å². The monoisotopic (exact) mass is 342 g/mol. The number of ether oxygens (including phenoxy) is 2. The average Bonchev–Trinajstić information content (AvgIpc) is 2.64. The van der Waals surface area contributed by atoms with Gasteiger partial charge in [-0.25, -0.2) is 0 Å². The summed E-state index contributed by atoms with van der Waals surface area (Å²) in [4.78, 5) is 25.8. The van der Waals surface area contributed by atoms with Gasteiger partial charge in [0.05, 0.1) is 19.8 Å². The van der Waals surface area contributed by atoms with Gasteiger partial charge in [0.25, 0.3) is 5.91 Å². The summed E-state index contributed by atoms with van der Waals surface area (Å²) < 4.78 is 10.4. The van der Waals surface area contributed by atoms with E-state index in [1.807, 2.05) is 18.2 Å². The number of hydrogen-bond donors (Lipinski definition) is 1. The van der Waals surface area contributed by atoms with Gasteiger partial charge in [-0.3, -0.25) is 9.59 Å². The highest BCUT2D eigenvalue weighted by Crippen LogP contribution is 2.21. The Labute approximate surface area is 147 Å². The molecule has 2 aromatic rings. The second-order valence-electron chi connectivity index (χ2n) is 5.33. The SMILES string of the molecule is COc1cccc(N(CCNC(=O)c2ccccc2OC)C(C)=O)c1. The van der Waals surface area contributed by atoms with Crippen molar-refractivity contribution in [2.45, 2.75) is 6.92 Å². The number of para-hydroxylation sites is 1. The molecule has 0 aliphatic carbocycles. The Morgan fingerprint density at radius 1 is 1.04 bits per heavy atom. The van der Waals surface area contributed by atoms with Crippen LogP contribution in [-0.2, 0) is 4.79 Å². The molecule has 0 aromatic heterocycles. The van der Waals surface area contributed by atoms with Gasteiger partial charge in [-0.2, -0.15) is 0 Å². The lowest BCUT2D eigenvalue weighted by Crippen LogP contribution is -2.37. The van der Waals surface area contributed by atoms with Gasteiger partial charge in [0, 0.05) is 31.8 Å². The van der Waals surface area contributed by atoms with Gasteiger partial charge in [-0.15, -0.1) is 0 Å². The Balaban J connectivity index is 2.02. The summed E-state index contributed by atoms with van der Waals surface area (Å²) in [5.74, 6) is 0.824. The van der Waals surface area contributed by atoms with Crippen molar-refractivity contribution >= 4 is 17.5 Å².